The van der Waals surface area contributed by atoms with E-state index in [1.54, 1.807) is 0 Å². The summed E-state index contributed by atoms with van der Waals surface area (Å²) in [6, 6.07) is 14.2. The standard InChI is InChI=1S/C23H24O/c1-5-23(24)22-8-6-7-20(16-22)12-9-17(2)10-13-21-14-11-18(3)15-19(21)4/h5-16,23-24H,1-2H2,3-4H3/b12-9+,13-10-. The summed E-state index contributed by atoms with van der Waals surface area (Å²) >= 11 is 0. The first-order chi connectivity index (χ1) is 11.5. The lowest BCUT2D eigenvalue weighted by Crippen LogP contribution is -1.92. The zero-order valence-corrected chi connectivity index (χ0v) is 14.4. The van der Waals surface area contributed by atoms with Crippen LogP contribution in [-0.4, -0.2) is 5.11 Å². The molecule has 0 amide bonds. The lowest BCUT2D eigenvalue weighted by molar-refractivity contribution is 0.229. The number of aliphatic hydroxyl groups is 1. The molecule has 2 aromatic rings. The average molecular weight is 316 g/mol. The van der Waals surface area contributed by atoms with Gasteiger partial charge in [0.15, 0.2) is 0 Å². The minimum absolute atomic E-state index is 0.633. The van der Waals surface area contributed by atoms with E-state index in [2.05, 4.69) is 51.3 Å². The van der Waals surface area contributed by atoms with Gasteiger partial charge in [0.2, 0.25) is 0 Å². The quantitative estimate of drug-likeness (QED) is 0.527. The van der Waals surface area contributed by atoms with Gasteiger partial charge in [-0.3, -0.25) is 0 Å². The highest BCUT2D eigenvalue weighted by atomic mass is 16.3. The summed E-state index contributed by atoms with van der Waals surface area (Å²) in [5.74, 6) is 0. The molecular formula is C23H24O. The lowest BCUT2D eigenvalue weighted by atomic mass is 10.0. The molecule has 0 aliphatic rings. The highest BCUT2D eigenvalue weighted by Crippen LogP contribution is 2.17. The van der Waals surface area contributed by atoms with Gasteiger partial charge in [0.25, 0.3) is 0 Å². The predicted molar refractivity (Wildman–Crippen MR) is 105 cm³/mol. The van der Waals surface area contributed by atoms with Crippen LogP contribution < -0.4 is 0 Å². The summed E-state index contributed by atoms with van der Waals surface area (Å²) < 4.78 is 0. The summed E-state index contributed by atoms with van der Waals surface area (Å²) in [4.78, 5) is 0. The molecule has 0 spiro atoms. The maximum Gasteiger partial charge on any atom is 0.0969 e. The van der Waals surface area contributed by atoms with Gasteiger partial charge < -0.3 is 5.11 Å². The topological polar surface area (TPSA) is 20.2 Å². The van der Waals surface area contributed by atoms with Crippen molar-refractivity contribution >= 4 is 12.2 Å². The van der Waals surface area contributed by atoms with Crippen molar-refractivity contribution in [3.63, 3.8) is 0 Å². The molecule has 0 aliphatic carbocycles. The fraction of sp³-hybridized carbons (Fsp3) is 0.130. The Morgan fingerprint density at radius 2 is 1.79 bits per heavy atom. The molecule has 0 heterocycles. The van der Waals surface area contributed by atoms with Crippen LogP contribution in [0.3, 0.4) is 0 Å². The first-order valence-corrected chi connectivity index (χ1v) is 8.02. The highest BCUT2D eigenvalue weighted by molar-refractivity contribution is 5.61. The van der Waals surface area contributed by atoms with Crippen LogP contribution in [0.2, 0.25) is 0 Å². The van der Waals surface area contributed by atoms with E-state index in [9.17, 15) is 5.11 Å². The van der Waals surface area contributed by atoms with E-state index in [0.717, 1.165) is 16.7 Å². The Kier molecular flexibility index (Phi) is 6.11. The van der Waals surface area contributed by atoms with Crippen LogP contribution >= 0.6 is 0 Å². The third-order valence-electron chi connectivity index (χ3n) is 3.87. The molecule has 0 radical (unpaired) electrons. The first kappa shape index (κ1) is 17.7. The Hall–Kier alpha value is -2.64. The van der Waals surface area contributed by atoms with Crippen molar-refractivity contribution in [2.24, 2.45) is 0 Å². The molecule has 2 rings (SSSR count). The maximum absolute atomic E-state index is 9.82. The van der Waals surface area contributed by atoms with E-state index in [1.807, 2.05) is 42.5 Å². The van der Waals surface area contributed by atoms with Crippen LogP contribution in [0.25, 0.3) is 12.2 Å². The molecule has 0 bridgehead atoms. The zero-order valence-electron chi connectivity index (χ0n) is 14.4. The Morgan fingerprint density at radius 1 is 1.04 bits per heavy atom. The first-order valence-electron chi connectivity index (χ1n) is 8.02. The molecule has 1 unspecified atom stereocenters. The molecule has 122 valence electrons. The van der Waals surface area contributed by atoms with Crippen molar-refractivity contribution in [2.45, 2.75) is 20.0 Å². The number of hydrogen-bond donors (Lipinski definition) is 1. The number of allylic oxidation sites excluding steroid dienone is 3. The number of hydrogen-bond acceptors (Lipinski definition) is 1. The molecular weight excluding hydrogens is 292 g/mol. The SMILES string of the molecule is C=CC(O)c1cccc(/C=C/C(=C)/C=C\c2ccc(C)cc2C)c1. The molecule has 1 nitrogen and oxygen atoms in total. The lowest BCUT2D eigenvalue weighted by Gasteiger charge is -2.06. The Morgan fingerprint density at radius 3 is 2.50 bits per heavy atom. The van der Waals surface area contributed by atoms with Gasteiger partial charge in [-0.15, -0.1) is 6.58 Å². The van der Waals surface area contributed by atoms with E-state index in [0.29, 0.717) is 0 Å². The Bertz CT molecular complexity index is 793. The highest BCUT2D eigenvalue weighted by Gasteiger charge is 2.01. The van der Waals surface area contributed by atoms with Crippen molar-refractivity contribution in [1.82, 2.24) is 0 Å². The summed E-state index contributed by atoms with van der Waals surface area (Å²) in [5.41, 5.74) is 6.51. The number of benzene rings is 2. The second-order valence-corrected chi connectivity index (χ2v) is 5.95. The van der Waals surface area contributed by atoms with Crippen molar-refractivity contribution in [3.8, 4) is 0 Å². The molecule has 0 fully saturated rings. The number of aliphatic hydroxyl groups excluding tert-OH is 1. The second-order valence-electron chi connectivity index (χ2n) is 5.95. The Labute approximate surface area is 145 Å². The van der Waals surface area contributed by atoms with E-state index in [4.69, 9.17) is 0 Å². The van der Waals surface area contributed by atoms with Crippen LogP contribution in [0.5, 0.6) is 0 Å². The van der Waals surface area contributed by atoms with Crippen LogP contribution in [0.4, 0.5) is 0 Å². The van der Waals surface area contributed by atoms with Crippen LogP contribution in [0, 0.1) is 13.8 Å². The van der Waals surface area contributed by atoms with Gasteiger partial charge in [0, 0.05) is 0 Å². The van der Waals surface area contributed by atoms with Crippen LogP contribution in [-0.2, 0) is 0 Å². The van der Waals surface area contributed by atoms with Crippen LogP contribution in [0.15, 0.2) is 79.4 Å². The van der Waals surface area contributed by atoms with Gasteiger partial charge in [0.05, 0.1) is 6.10 Å². The molecule has 1 atom stereocenters. The van der Waals surface area contributed by atoms with E-state index in [-0.39, 0.29) is 0 Å². The van der Waals surface area contributed by atoms with Crippen molar-refractivity contribution in [1.29, 1.82) is 0 Å². The van der Waals surface area contributed by atoms with Crippen molar-refractivity contribution in [2.75, 3.05) is 0 Å². The molecule has 24 heavy (non-hydrogen) atoms. The molecule has 0 saturated carbocycles. The normalized spacial score (nSPS) is 12.6. The summed E-state index contributed by atoms with van der Waals surface area (Å²) in [6.45, 7) is 11.9. The van der Waals surface area contributed by atoms with Gasteiger partial charge in [-0.2, -0.15) is 0 Å². The van der Waals surface area contributed by atoms with Gasteiger partial charge in [0.1, 0.15) is 0 Å². The van der Waals surface area contributed by atoms with Crippen molar-refractivity contribution in [3.05, 3.63) is 107 Å². The van der Waals surface area contributed by atoms with Crippen molar-refractivity contribution < 1.29 is 5.11 Å². The van der Waals surface area contributed by atoms with E-state index >= 15 is 0 Å². The molecule has 2 aromatic carbocycles. The zero-order chi connectivity index (χ0) is 17.5. The van der Waals surface area contributed by atoms with Gasteiger partial charge >= 0.3 is 0 Å². The fourth-order valence-electron chi connectivity index (χ4n) is 2.45. The van der Waals surface area contributed by atoms with Crippen LogP contribution in [0.1, 0.15) is 33.9 Å². The van der Waals surface area contributed by atoms with Gasteiger partial charge in [-0.1, -0.05) is 78.9 Å². The average Bonchev–Trinajstić information content (AvgIpc) is 2.58. The largest absolute Gasteiger partial charge is 0.384 e. The summed E-state index contributed by atoms with van der Waals surface area (Å²) in [7, 11) is 0. The molecule has 1 heteroatoms. The minimum Gasteiger partial charge on any atom is -0.384 e. The van der Waals surface area contributed by atoms with Gasteiger partial charge in [-0.25, -0.2) is 0 Å². The van der Waals surface area contributed by atoms with Gasteiger partial charge in [-0.05, 0) is 47.7 Å². The number of aryl methyl sites for hydroxylation is 2. The minimum atomic E-state index is -0.633. The summed E-state index contributed by atoms with van der Waals surface area (Å²) in [5, 5.41) is 9.82. The molecule has 0 aromatic heterocycles. The van der Waals surface area contributed by atoms with E-state index in [1.165, 1.54) is 22.8 Å². The maximum atomic E-state index is 9.82. The Balaban J connectivity index is 2.07. The monoisotopic (exact) mass is 316 g/mol. The molecule has 0 saturated heterocycles. The fourth-order valence-corrected chi connectivity index (χ4v) is 2.45. The predicted octanol–water partition coefficient (Wildman–Crippen LogP) is 5.81. The third kappa shape index (κ3) is 4.94. The van der Waals surface area contributed by atoms with E-state index < -0.39 is 6.10 Å². The third-order valence-corrected chi connectivity index (χ3v) is 3.87. The second kappa shape index (κ2) is 8.28. The smallest absolute Gasteiger partial charge is 0.0969 e. The molecule has 0 aliphatic heterocycles. The molecule has 1 N–H and O–H groups in total. The summed E-state index contributed by atoms with van der Waals surface area (Å²) in [6.07, 6.45) is 8.95. The number of rotatable bonds is 6.